The van der Waals surface area contributed by atoms with Gasteiger partial charge in [-0.15, -0.1) is 0 Å². The maximum absolute atomic E-state index is 12.2. The van der Waals surface area contributed by atoms with E-state index in [9.17, 15) is 14.4 Å². The molecule has 0 aromatic heterocycles. The number of carbonyl (C=O) groups excluding carboxylic acids is 3. The van der Waals surface area contributed by atoms with Crippen LogP contribution in [0.4, 0.5) is 0 Å². The number of Topliss-reactive ketones (excluding diaryl/α,β-unsaturated/α-hetero) is 1. The second-order valence-electron chi connectivity index (χ2n) is 6.27. The summed E-state index contributed by atoms with van der Waals surface area (Å²) in [5.41, 5.74) is -0.531. The summed E-state index contributed by atoms with van der Waals surface area (Å²) < 4.78 is 0. The van der Waals surface area contributed by atoms with Crippen LogP contribution in [0.25, 0.3) is 0 Å². The van der Waals surface area contributed by atoms with Crippen LogP contribution < -0.4 is 5.32 Å². The van der Waals surface area contributed by atoms with E-state index in [0.717, 1.165) is 12.8 Å². The SMILES string of the molecule is C[C@H](NC(=O)C(C)(C)C)C(=O)N(C)[C@@H]1CCCC1=O. The molecule has 1 aliphatic rings. The van der Waals surface area contributed by atoms with Crippen LogP contribution >= 0.6 is 0 Å². The van der Waals surface area contributed by atoms with Crippen molar-refractivity contribution in [3.05, 3.63) is 0 Å². The van der Waals surface area contributed by atoms with E-state index in [-0.39, 0.29) is 23.6 Å². The van der Waals surface area contributed by atoms with Crippen LogP contribution in [-0.4, -0.2) is 41.6 Å². The van der Waals surface area contributed by atoms with Crippen molar-refractivity contribution < 1.29 is 14.4 Å². The van der Waals surface area contributed by atoms with Crippen LogP contribution in [0.2, 0.25) is 0 Å². The highest BCUT2D eigenvalue weighted by Gasteiger charge is 2.33. The van der Waals surface area contributed by atoms with Crippen LogP contribution in [-0.2, 0) is 14.4 Å². The Bertz CT molecular complexity index is 385. The van der Waals surface area contributed by atoms with E-state index < -0.39 is 11.5 Å². The third-order valence-electron chi connectivity index (χ3n) is 3.49. The lowest BCUT2D eigenvalue weighted by molar-refractivity contribution is -0.141. The molecule has 1 N–H and O–H groups in total. The maximum Gasteiger partial charge on any atom is 0.245 e. The first-order chi connectivity index (χ1) is 8.64. The van der Waals surface area contributed by atoms with E-state index in [1.165, 1.54) is 4.90 Å². The predicted molar refractivity (Wildman–Crippen MR) is 72.5 cm³/mol. The Labute approximate surface area is 114 Å². The minimum Gasteiger partial charge on any atom is -0.344 e. The Kier molecular flexibility index (Phi) is 4.71. The van der Waals surface area contributed by atoms with Gasteiger partial charge in [-0.05, 0) is 19.8 Å². The first kappa shape index (κ1) is 15.7. The minimum absolute atomic E-state index is 0.116. The summed E-state index contributed by atoms with van der Waals surface area (Å²) in [5, 5.41) is 2.70. The molecule has 0 spiro atoms. The Hall–Kier alpha value is -1.39. The molecule has 5 nitrogen and oxygen atoms in total. The van der Waals surface area contributed by atoms with Gasteiger partial charge in [-0.3, -0.25) is 14.4 Å². The Balaban J connectivity index is 2.62. The van der Waals surface area contributed by atoms with E-state index in [4.69, 9.17) is 0 Å². The molecule has 19 heavy (non-hydrogen) atoms. The molecule has 0 aliphatic heterocycles. The van der Waals surface area contributed by atoms with Gasteiger partial charge in [0.05, 0.1) is 6.04 Å². The molecule has 0 bridgehead atoms. The second kappa shape index (κ2) is 5.72. The summed E-state index contributed by atoms with van der Waals surface area (Å²) >= 11 is 0. The normalized spacial score (nSPS) is 21.1. The van der Waals surface area contributed by atoms with Gasteiger partial charge < -0.3 is 10.2 Å². The fraction of sp³-hybridized carbons (Fsp3) is 0.786. The molecule has 2 amide bonds. The number of carbonyl (C=O) groups is 3. The lowest BCUT2D eigenvalue weighted by atomic mass is 9.95. The van der Waals surface area contributed by atoms with Gasteiger partial charge in [-0.25, -0.2) is 0 Å². The largest absolute Gasteiger partial charge is 0.344 e. The molecule has 1 saturated carbocycles. The van der Waals surface area contributed by atoms with Crippen molar-refractivity contribution in [1.29, 1.82) is 0 Å². The Morgan fingerprint density at radius 3 is 2.37 bits per heavy atom. The van der Waals surface area contributed by atoms with Crippen molar-refractivity contribution >= 4 is 17.6 Å². The van der Waals surface area contributed by atoms with Crippen LogP contribution in [0.15, 0.2) is 0 Å². The summed E-state index contributed by atoms with van der Waals surface area (Å²) in [4.78, 5) is 37.2. The van der Waals surface area contributed by atoms with Crippen LogP contribution in [0.5, 0.6) is 0 Å². The average Bonchev–Trinajstić information content (AvgIpc) is 2.72. The second-order valence-corrected chi connectivity index (χ2v) is 6.27. The van der Waals surface area contributed by atoms with Gasteiger partial charge in [-0.1, -0.05) is 20.8 Å². The highest BCUT2D eigenvalue weighted by atomic mass is 16.2. The van der Waals surface area contributed by atoms with Gasteiger partial charge in [0.1, 0.15) is 6.04 Å². The Morgan fingerprint density at radius 1 is 1.37 bits per heavy atom. The number of rotatable bonds is 3. The zero-order chi connectivity index (χ0) is 14.8. The van der Waals surface area contributed by atoms with Crippen LogP contribution in [0.1, 0.15) is 47.0 Å². The number of nitrogens with one attached hydrogen (secondary N) is 1. The molecule has 1 rings (SSSR count). The molecule has 0 aromatic carbocycles. The van der Waals surface area contributed by atoms with E-state index >= 15 is 0 Å². The molecule has 0 radical (unpaired) electrons. The zero-order valence-electron chi connectivity index (χ0n) is 12.4. The van der Waals surface area contributed by atoms with Crippen LogP contribution in [0, 0.1) is 5.41 Å². The number of hydrogen-bond acceptors (Lipinski definition) is 3. The van der Waals surface area contributed by atoms with Gasteiger partial charge >= 0.3 is 0 Å². The lowest BCUT2D eigenvalue weighted by Crippen LogP contribution is -2.51. The maximum atomic E-state index is 12.2. The van der Waals surface area contributed by atoms with Crippen molar-refractivity contribution in [3.63, 3.8) is 0 Å². The average molecular weight is 268 g/mol. The van der Waals surface area contributed by atoms with Crippen molar-refractivity contribution in [1.82, 2.24) is 10.2 Å². The molecule has 5 heteroatoms. The highest BCUT2D eigenvalue weighted by Crippen LogP contribution is 2.20. The zero-order valence-corrected chi connectivity index (χ0v) is 12.4. The first-order valence-corrected chi connectivity index (χ1v) is 6.75. The third-order valence-corrected chi connectivity index (χ3v) is 3.49. The van der Waals surface area contributed by atoms with Gasteiger partial charge in [0.25, 0.3) is 0 Å². The van der Waals surface area contributed by atoms with Crippen molar-refractivity contribution in [2.24, 2.45) is 5.41 Å². The molecular weight excluding hydrogens is 244 g/mol. The quantitative estimate of drug-likeness (QED) is 0.834. The van der Waals surface area contributed by atoms with Gasteiger partial charge in [0.2, 0.25) is 11.8 Å². The Morgan fingerprint density at radius 2 is 1.95 bits per heavy atom. The van der Waals surface area contributed by atoms with Crippen molar-refractivity contribution in [3.8, 4) is 0 Å². The molecule has 0 saturated heterocycles. The number of ketones is 1. The standard InChI is InChI=1S/C14H24N2O3/c1-9(15-13(19)14(2,3)4)12(18)16(5)10-7-6-8-11(10)17/h9-10H,6-8H2,1-5H3,(H,15,19)/t9-,10+/m0/s1. The van der Waals surface area contributed by atoms with E-state index in [1.807, 2.05) is 0 Å². The molecule has 108 valence electrons. The monoisotopic (exact) mass is 268 g/mol. The lowest BCUT2D eigenvalue weighted by Gasteiger charge is -2.28. The summed E-state index contributed by atoms with van der Waals surface area (Å²) in [7, 11) is 1.63. The van der Waals surface area contributed by atoms with Crippen LogP contribution in [0.3, 0.4) is 0 Å². The number of nitrogens with zero attached hydrogens (tertiary/aromatic N) is 1. The van der Waals surface area contributed by atoms with Crippen molar-refractivity contribution in [2.75, 3.05) is 7.05 Å². The molecular formula is C14H24N2O3. The molecule has 2 atom stereocenters. The topological polar surface area (TPSA) is 66.5 Å². The first-order valence-electron chi connectivity index (χ1n) is 6.75. The number of likely N-dealkylation sites (N-methyl/N-ethyl adjacent to an activating group) is 1. The minimum atomic E-state index is -0.606. The smallest absolute Gasteiger partial charge is 0.245 e. The summed E-state index contributed by atoms with van der Waals surface area (Å²) in [6.07, 6.45) is 2.11. The fourth-order valence-electron chi connectivity index (χ4n) is 2.14. The number of hydrogen-bond donors (Lipinski definition) is 1. The van der Waals surface area contributed by atoms with E-state index in [1.54, 1.807) is 34.7 Å². The van der Waals surface area contributed by atoms with Crippen molar-refractivity contribution in [2.45, 2.75) is 59.0 Å². The highest BCUT2D eigenvalue weighted by molar-refractivity contribution is 5.94. The fourth-order valence-corrected chi connectivity index (χ4v) is 2.14. The predicted octanol–water partition coefficient (Wildman–Crippen LogP) is 1.12. The van der Waals surface area contributed by atoms with E-state index in [2.05, 4.69) is 5.32 Å². The molecule has 1 fully saturated rings. The van der Waals surface area contributed by atoms with Gasteiger partial charge in [0.15, 0.2) is 5.78 Å². The van der Waals surface area contributed by atoms with E-state index in [0.29, 0.717) is 6.42 Å². The molecule has 0 unspecified atom stereocenters. The summed E-state index contributed by atoms with van der Waals surface area (Å²) in [6, 6.07) is -0.924. The third kappa shape index (κ3) is 3.78. The van der Waals surface area contributed by atoms with Gasteiger partial charge in [0, 0.05) is 18.9 Å². The summed E-state index contributed by atoms with van der Waals surface area (Å²) in [5.74, 6) is -0.262. The van der Waals surface area contributed by atoms with Gasteiger partial charge in [-0.2, -0.15) is 0 Å². The summed E-state index contributed by atoms with van der Waals surface area (Å²) in [6.45, 7) is 7.04. The molecule has 1 aliphatic carbocycles. The number of amides is 2. The molecule has 0 aromatic rings. The molecule has 0 heterocycles.